The van der Waals surface area contributed by atoms with Gasteiger partial charge in [-0.05, 0) is 25.7 Å². The first-order chi connectivity index (χ1) is 7.31. The molecule has 0 nitrogen and oxygen atoms in total. The lowest BCUT2D eigenvalue weighted by Crippen LogP contribution is -1.85. The van der Waals surface area contributed by atoms with Crippen molar-refractivity contribution < 1.29 is 0 Å². The second-order valence-corrected chi connectivity index (χ2v) is 4.72. The minimum Gasteiger partial charge on any atom is -0.0999 e. The van der Waals surface area contributed by atoms with Gasteiger partial charge in [0.05, 0.1) is 0 Å². The summed E-state index contributed by atoms with van der Waals surface area (Å²) in [6.45, 7) is 8.71. The molecule has 15 heavy (non-hydrogen) atoms. The molecule has 0 rings (SSSR count). The zero-order chi connectivity index (χ0) is 11.4. The SMILES string of the molecule is C=C(CCCCCC)CCCCCCC. The van der Waals surface area contributed by atoms with Gasteiger partial charge in [-0.25, -0.2) is 0 Å². The summed E-state index contributed by atoms with van der Waals surface area (Å²) in [6.07, 6.45) is 15.0. The first kappa shape index (κ1) is 14.7. The van der Waals surface area contributed by atoms with Crippen LogP contribution in [0.25, 0.3) is 0 Å². The van der Waals surface area contributed by atoms with E-state index in [4.69, 9.17) is 0 Å². The van der Waals surface area contributed by atoms with Crippen LogP contribution in [0.4, 0.5) is 0 Å². The first-order valence-corrected chi connectivity index (χ1v) is 6.97. The van der Waals surface area contributed by atoms with Gasteiger partial charge in [0.25, 0.3) is 0 Å². The van der Waals surface area contributed by atoms with Crippen LogP contribution in [0.2, 0.25) is 0 Å². The molecule has 0 saturated carbocycles. The highest BCUT2D eigenvalue weighted by Gasteiger charge is 1.95. The van der Waals surface area contributed by atoms with E-state index in [-0.39, 0.29) is 0 Å². The van der Waals surface area contributed by atoms with Gasteiger partial charge in [-0.3, -0.25) is 0 Å². The van der Waals surface area contributed by atoms with E-state index >= 15 is 0 Å². The van der Waals surface area contributed by atoms with Crippen LogP contribution in [-0.4, -0.2) is 0 Å². The second kappa shape index (κ2) is 11.8. The van der Waals surface area contributed by atoms with E-state index in [9.17, 15) is 0 Å². The Labute approximate surface area is 97.2 Å². The maximum absolute atomic E-state index is 4.17. The fraction of sp³-hybridized carbons (Fsp3) is 0.867. The molecule has 90 valence electrons. The third kappa shape index (κ3) is 11.7. The van der Waals surface area contributed by atoms with Crippen molar-refractivity contribution >= 4 is 0 Å². The van der Waals surface area contributed by atoms with Crippen molar-refractivity contribution in [1.82, 2.24) is 0 Å². The molecule has 0 aliphatic rings. The molecule has 0 radical (unpaired) electrons. The monoisotopic (exact) mass is 210 g/mol. The Hall–Kier alpha value is -0.260. The van der Waals surface area contributed by atoms with Gasteiger partial charge in [0.2, 0.25) is 0 Å². The van der Waals surface area contributed by atoms with Crippen molar-refractivity contribution in [2.75, 3.05) is 0 Å². The van der Waals surface area contributed by atoms with Gasteiger partial charge in [0.15, 0.2) is 0 Å². The van der Waals surface area contributed by atoms with E-state index in [0.29, 0.717) is 0 Å². The summed E-state index contributed by atoms with van der Waals surface area (Å²) in [7, 11) is 0. The van der Waals surface area contributed by atoms with E-state index in [0.717, 1.165) is 0 Å². The van der Waals surface area contributed by atoms with Gasteiger partial charge in [-0.1, -0.05) is 70.9 Å². The Morgan fingerprint density at radius 1 is 0.667 bits per heavy atom. The molecule has 0 fully saturated rings. The van der Waals surface area contributed by atoms with Gasteiger partial charge in [-0.15, -0.1) is 0 Å². The molecule has 0 unspecified atom stereocenters. The molecule has 0 aromatic heterocycles. The van der Waals surface area contributed by atoms with Gasteiger partial charge in [0.1, 0.15) is 0 Å². The quantitative estimate of drug-likeness (QED) is 0.295. The largest absolute Gasteiger partial charge is 0.0999 e. The third-order valence-electron chi connectivity index (χ3n) is 3.02. The van der Waals surface area contributed by atoms with Crippen molar-refractivity contribution in [2.24, 2.45) is 0 Å². The van der Waals surface area contributed by atoms with Crippen LogP contribution in [0.5, 0.6) is 0 Å². The van der Waals surface area contributed by atoms with Crippen molar-refractivity contribution in [2.45, 2.75) is 84.5 Å². The summed E-state index contributed by atoms with van der Waals surface area (Å²) in [4.78, 5) is 0. The number of unbranched alkanes of at least 4 members (excludes halogenated alkanes) is 7. The molecule has 0 saturated heterocycles. The minimum atomic E-state index is 1.27. The highest BCUT2D eigenvalue weighted by molar-refractivity contribution is 4.93. The average molecular weight is 210 g/mol. The van der Waals surface area contributed by atoms with Crippen molar-refractivity contribution in [1.29, 1.82) is 0 Å². The van der Waals surface area contributed by atoms with Gasteiger partial charge < -0.3 is 0 Å². The number of rotatable bonds is 11. The van der Waals surface area contributed by atoms with Crippen molar-refractivity contribution in [3.63, 3.8) is 0 Å². The van der Waals surface area contributed by atoms with Crippen LogP contribution in [0.1, 0.15) is 84.5 Å². The molecule has 0 amide bonds. The van der Waals surface area contributed by atoms with Crippen LogP contribution < -0.4 is 0 Å². The van der Waals surface area contributed by atoms with Crippen LogP contribution >= 0.6 is 0 Å². The molecule has 0 spiro atoms. The lowest BCUT2D eigenvalue weighted by Gasteiger charge is -2.05. The van der Waals surface area contributed by atoms with Gasteiger partial charge >= 0.3 is 0 Å². The van der Waals surface area contributed by atoms with E-state index < -0.39 is 0 Å². The molecule has 0 aromatic rings. The fourth-order valence-corrected chi connectivity index (χ4v) is 1.91. The van der Waals surface area contributed by atoms with E-state index in [1.165, 1.54) is 76.2 Å². The lowest BCUT2D eigenvalue weighted by atomic mass is 10.0. The molecule has 0 aliphatic carbocycles. The molecule has 0 aliphatic heterocycles. The lowest BCUT2D eigenvalue weighted by molar-refractivity contribution is 0.610. The van der Waals surface area contributed by atoms with Crippen LogP contribution in [0.15, 0.2) is 12.2 Å². The number of hydrogen-bond donors (Lipinski definition) is 0. The molecule has 0 N–H and O–H groups in total. The summed E-state index contributed by atoms with van der Waals surface area (Å²) in [6, 6.07) is 0. The van der Waals surface area contributed by atoms with Crippen molar-refractivity contribution in [3.8, 4) is 0 Å². The second-order valence-electron chi connectivity index (χ2n) is 4.72. The molecule has 0 aromatic carbocycles. The summed E-state index contributed by atoms with van der Waals surface area (Å²) in [5.41, 5.74) is 1.49. The standard InChI is InChI=1S/C15H30/c1-4-6-8-10-12-14-15(3)13-11-9-7-5-2/h3-14H2,1-2H3. The summed E-state index contributed by atoms with van der Waals surface area (Å²) >= 11 is 0. The summed E-state index contributed by atoms with van der Waals surface area (Å²) in [5.74, 6) is 0. The average Bonchev–Trinajstić information content (AvgIpc) is 2.24. The zero-order valence-corrected chi connectivity index (χ0v) is 11.0. The zero-order valence-electron chi connectivity index (χ0n) is 11.0. The van der Waals surface area contributed by atoms with E-state index in [2.05, 4.69) is 20.4 Å². The maximum atomic E-state index is 4.17. The molecular formula is C15H30. The van der Waals surface area contributed by atoms with E-state index in [1.54, 1.807) is 0 Å². The van der Waals surface area contributed by atoms with E-state index in [1.807, 2.05) is 0 Å². The maximum Gasteiger partial charge on any atom is -0.0323 e. The first-order valence-electron chi connectivity index (χ1n) is 6.97. The van der Waals surface area contributed by atoms with Crippen LogP contribution in [0, 0.1) is 0 Å². The van der Waals surface area contributed by atoms with Gasteiger partial charge in [0, 0.05) is 0 Å². The molecule has 0 bridgehead atoms. The predicted molar refractivity (Wildman–Crippen MR) is 71.3 cm³/mol. The smallest absolute Gasteiger partial charge is 0.0323 e. The normalized spacial score (nSPS) is 10.5. The Bertz CT molecular complexity index is 135. The molecule has 0 heteroatoms. The highest BCUT2D eigenvalue weighted by atomic mass is 14.0. The number of hydrogen-bond acceptors (Lipinski definition) is 0. The fourth-order valence-electron chi connectivity index (χ4n) is 1.91. The van der Waals surface area contributed by atoms with Gasteiger partial charge in [-0.2, -0.15) is 0 Å². The highest BCUT2D eigenvalue weighted by Crippen LogP contribution is 2.15. The molecule has 0 heterocycles. The predicted octanol–water partition coefficient (Wildman–Crippen LogP) is 5.87. The Kier molecular flexibility index (Phi) is 11.6. The van der Waals surface area contributed by atoms with Crippen molar-refractivity contribution in [3.05, 3.63) is 12.2 Å². The number of allylic oxidation sites excluding steroid dienone is 1. The third-order valence-corrected chi connectivity index (χ3v) is 3.02. The summed E-state index contributed by atoms with van der Waals surface area (Å²) < 4.78 is 0. The molecule has 0 atom stereocenters. The van der Waals surface area contributed by atoms with Crippen LogP contribution in [-0.2, 0) is 0 Å². The summed E-state index contributed by atoms with van der Waals surface area (Å²) in [5, 5.41) is 0. The Morgan fingerprint density at radius 2 is 1.07 bits per heavy atom. The minimum absolute atomic E-state index is 1.27. The Balaban J connectivity index is 3.11. The topological polar surface area (TPSA) is 0 Å². The van der Waals surface area contributed by atoms with Crippen LogP contribution in [0.3, 0.4) is 0 Å². The Morgan fingerprint density at radius 3 is 1.53 bits per heavy atom. The molecular weight excluding hydrogens is 180 g/mol.